The van der Waals surface area contributed by atoms with Crippen molar-refractivity contribution in [3.63, 3.8) is 0 Å². The third kappa shape index (κ3) is 8.03. The SMILES string of the molecule is C=CCCCC(=O)NC(C)(C)CCC(=O)O. The van der Waals surface area contributed by atoms with E-state index in [1.54, 1.807) is 6.08 Å². The number of carbonyl (C=O) groups excluding carboxylic acids is 1. The average molecular weight is 227 g/mol. The first-order valence-electron chi connectivity index (χ1n) is 5.51. The predicted octanol–water partition coefficient (Wildman–Crippen LogP) is 2.10. The number of unbranched alkanes of at least 4 members (excludes halogenated alkanes) is 1. The van der Waals surface area contributed by atoms with Crippen LogP contribution in [-0.2, 0) is 9.59 Å². The zero-order chi connectivity index (χ0) is 12.6. The van der Waals surface area contributed by atoms with Gasteiger partial charge in [0, 0.05) is 18.4 Å². The molecule has 0 aromatic carbocycles. The number of carbonyl (C=O) groups is 2. The molecule has 0 aromatic heterocycles. The number of aliphatic carboxylic acids is 1. The van der Waals surface area contributed by atoms with E-state index < -0.39 is 11.5 Å². The highest BCUT2D eigenvalue weighted by Crippen LogP contribution is 2.11. The number of rotatable bonds is 8. The summed E-state index contributed by atoms with van der Waals surface area (Å²) in [7, 11) is 0. The fourth-order valence-electron chi connectivity index (χ4n) is 1.33. The minimum Gasteiger partial charge on any atom is -0.481 e. The molecule has 0 fully saturated rings. The maximum Gasteiger partial charge on any atom is 0.303 e. The monoisotopic (exact) mass is 227 g/mol. The Balaban J connectivity index is 3.89. The van der Waals surface area contributed by atoms with Gasteiger partial charge in [0.1, 0.15) is 0 Å². The Morgan fingerprint density at radius 1 is 1.38 bits per heavy atom. The average Bonchev–Trinajstić information content (AvgIpc) is 2.15. The van der Waals surface area contributed by atoms with Gasteiger partial charge in [-0.05, 0) is 33.1 Å². The Labute approximate surface area is 96.7 Å². The first kappa shape index (κ1) is 14.7. The van der Waals surface area contributed by atoms with Gasteiger partial charge in [-0.15, -0.1) is 6.58 Å². The second-order valence-corrected chi connectivity index (χ2v) is 4.51. The number of amides is 1. The van der Waals surface area contributed by atoms with Crippen LogP contribution in [0.3, 0.4) is 0 Å². The molecule has 0 saturated carbocycles. The van der Waals surface area contributed by atoms with E-state index >= 15 is 0 Å². The molecule has 0 spiro atoms. The molecule has 0 aliphatic rings. The zero-order valence-corrected chi connectivity index (χ0v) is 10.1. The molecule has 0 unspecified atom stereocenters. The second-order valence-electron chi connectivity index (χ2n) is 4.51. The van der Waals surface area contributed by atoms with E-state index in [0.29, 0.717) is 12.8 Å². The molecular formula is C12H21NO3. The molecule has 0 aliphatic carbocycles. The van der Waals surface area contributed by atoms with Crippen molar-refractivity contribution in [2.45, 2.75) is 51.5 Å². The highest BCUT2D eigenvalue weighted by atomic mass is 16.4. The Morgan fingerprint density at radius 3 is 2.50 bits per heavy atom. The van der Waals surface area contributed by atoms with Crippen molar-refractivity contribution in [3.8, 4) is 0 Å². The van der Waals surface area contributed by atoms with Crippen LogP contribution < -0.4 is 5.32 Å². The van der Waals surface area contributed by atoms with E-state index in [-0.39, 0.29) is 12.3 Å². The molecule has 0 aromatic rings. The predicted molar refractivity (Wildman–Crippen MR) is 63.1 cm³/mol. The van der Waals surface area contributed by atoms with Crippen molar-refractivity contribution < 1.29 is 14.7 Å². The van der Waals surface area contributed by atoms with E-state index in [1.165, 1.54) is 0 Å². The lowest BCUT2D eigenvalue weighted by molar-refractivity contribution is -0.137. The van der Waals surface area contributed by atoms with Crippen molar-refractivity contribution in [2.75, 3.05) is 0 Å². The van der Waals surface area contributed by atoms with Gasteiger partial charge in [-0.2, -0.15) is 0 Å². The molecular weight excluding hydrogens is 206 g/mol. The first-order valence-corrected chi connectivity index (χ1v) is 5.51. The Kier molecular flexibility index (Phi) is 6.46. The van der Waals surface area contributed by atoms with Crippen molar-refractivity contribution in [1.82, 2.24) is 5.32 Å². The Bertz CT molecular complexity index is 259. The fraction of sp³-hybridized carbons (Fsp3) is 0.667. The molecule has 4 nitrogen and oxygen atoms in total. The molecule has 0 atom stereocenters. The lowest BCUT2D eigenvalue weighted by Gasteiger charge is -2.25. The zero-order valence-electron chi connectivity index (χ0n) is 10.1. The van der Waals surface area contributed by atoms with Crippen molar-refractivity contribution in [3.05, 3.63) is 12.7 Å². The molecule has 1 amide bonds. The largest absolute Gasteiger partial charge is 0.481 e. The minimum atomic E-state index is -0.839. The van der Waals surface area contributed by atoms with Crippen LogP contribution in [-0.4, -0.2) is 22.5 Å². The lowest BCUT2D eigenvalue weighted by Crippen LogP contribution is -2.43. The summed E-state index contributed by atoms with van der Waals surface area (Å²) in [6, 6.07) is 0. The standard InChI is InChI=1S/C12H21NO3/c1-4-5-6-7-10(14)13-12(2,3)9-8-11(15)16/h4H,1,5-9H2,2-3H3,(H,13,14)(H,15,16). The van der Waals surface area contributed by atoms with Gasteiger partial charge in [-0.1, -0.05) is 6.08 Å². The van der Waals surface area contributed by atoms with Gasteiger partial charge in [0.05, 0.1) is 0 Å². The van der Waals surface area contributed by atoms with Gasteiger partial charge in [0.2, 0.25) is 5.91 Å². The van der Waals surface area contributed by atoms with E-state index in [9.17, 15) is 9.59 Å². The molecule has 92 valence electrons. The maximum absolute atomic E-state index is 11.5. The summed E-state index contributed by atoms with van der Waals surface area (Å²) in [4.78, 5) is 21.9. The van der Waals surface area contributed by atoms with Crippen LogP contribution in [0.2, 0.25) is 0 Å². The van der Waals surface area contributed by atoms with Crippen LogP contribution in [0.4, 0.5) is 0 Å². The minimum absolute atomic E-state index is 0.0303. The van der Waals surface area contributed by atoms with Gasteiger partial charge >= 0.3 is 5.97 Å². The van der Waals surface area contributed by atoms with Gasteiger partial charge in [0.15, 0.2) is 0 Å². The summed E-state index contributed by atoms with van der Waals surface area (Å²) in [5.74, 6) is -0.869. The molecule has 0 aliphatic heterocycles. The van der Waals surface area contributed by atoms with Crippen LogP contribution in [0.15, 0.2) is 12.7 Å². The number of allylic oxidation sites excluding steroid dienone is 1. The van der Waals surface area contributed by atoms with Crippen LogP contribution in [0.25, 0.3) is 0 Å². The molecule has 16 heavy (non-hydrogen) atoms. The van der Waals surface area contributed by atoms with E-state index in [2.05, 4.69) is 11.9 Å². The van der Waals surface area contributed by atoms with Crippen molar-refractivity contribution in [1.29, 1.82) is 0 Å². The molecule has 2 N–H and O–H groups in total. The number of hydrogen-bond acceptors (Lipinski definition) is 2. The van der Waals surface area contributed by atoms with Crippen LogP contribution in [0.5, 0.6) is 0 Å². The highest BCUT2D eigenvalue weighted by Gasteiger charge is 2.20. The summed E-state index contributed by atoms with van der Waals surface area (Å²) in [6.07, 6.45) is 4.36. The number of carboxylic acids is 1. The van der Waals surface area contributed by atoms with Gasteiger partial charge in [-0.25, -0.2) is 0 Å². The summed E-state index contributed by atoms with van der Waals surface area (Å²) < 4.78 is 0. The third-order valence-corrected chi connectivity index (χ3v) is 2.25. The topological polar surface area (TPSA) is 66.4 Å². The van der Waals surface area contributed by atoms with E-state index in [4.69, 9.17) is 5.11 Å². The normalized spacial score (nSPS) is 10.9. The molecule has 0 rings (SSSR count). The van der Waals surface area contributed by atoms with E-state index in [0.717, 1.165) is 12.8 Å². The maximum atomic E-state index is 11.5. The number of hydrogen-bond donors (Lipinski definition) is 2. The van der Waals surface area contributed by atoms with Gasteiger partial charge in [-0.3, -0.25) is 9.59 Å². The lowest BCUT2D eigenvalue weighted by atomic mass is 9.98. The first-order chi connectivity index (χ1) is 7.37. The summed E-state index contributed by atoms with van der Waals surface area (Å²) in [6.45, 7) is 7.25. The summed E-state index contributed by atoms with van der Waals surface area (Å²) in [5, 5.41) is 11.4. The summed E-state index contributed by atoms with van der Waals surface area (Å²) in [5.41, 5.74) is -0.455. The molecule has 0 bridgehead atoms. The van der Waals surface area contributed by atoms with Crippen LogP contribution in [0.1, 0.15) is 46.0 Å². The highest BCUT2D eigenvalue weighted by molar-refractivity contribution is 5.76. The van der Waals surface area contributed by atoms with Gasteiger partial charge in [0.25, 0.3) is 0 Å². The molecule has 0 radical (unpaired) electrons. The fourth-order valence-corrected chi connectivity index (χ4v) is 1.33. The molecule has 4 heteroatoms. The van der Waals surface area contributed by atoms with Crippen molar-refractivity contribution in [2.24, 2.45) is 0 Å². The Morgan fingerprint density at radius 2 is 2.00 bits per heavy atom. The smallest absolute Gasteiger partial charge is 0.303 e. The van der Waals surface area contributed by atoms with Crippen LogP contribution in [0, 0.1) is 0 Å². The van der Waals surface area contributed by atoms with Crippen LogP contribution >= 0.6 is 0 Å². The van der Waals surface area contributed by atoms with E-state index in [1.807, 2.05) is 13.8 Å². The Hall–Kier alpha value is -1.32. The number of carboxylic acid groups (broad SMARTS) is 1. The molecule has 0 saturated heterocycles. The molecule has 0 heterocycles. The third-order valence-electron chi connectivity index (χ3n) is 2.25. The quantitative estimate of drug-likeness (QED) is 0.493. The second kappa shape index (κ2) is 7.04. The van der Waals surface area contributed by atoms with Gasteiger partial charge < -0.3 is 10.4 Å². The van der Waals surface area contributed by atoms with Crippen molar-refractivity contribution >= 4 is 11.9 Å². The number of nitrogens with one attached hydrogen (secondary N) is 1. The summed E-state index contributed by atoms with van der Waals surface area (Å²) >= 11 is 0.